The van der Waals surface area contributed by atoms with Crippen LogP contribution in [0.25, 0.3) is 10.6 Å². The first-order valence-electron chi connectivity index (χ1n) is 7.75. The fraction of sp³-hybridized carbons (Fsp3) is 0.158. The van der Waals surface area contributed by atoms with Gasteiger partial charge in [0.25, 0.3) is 0 Å². The Bertz CT molecular complexity index is 891. The molecular formula is C19H16Cl2N2OS. The van der Waals surface area contributed by atoms with Gasteiger partial charge in [-0.2, -0.15) is 0 Å². The van der Waals surface area contributed by atoms with Crippen LogP contribution >= 0.6 is 34.5 Å². The molecule has 3 nitrogen and oxygen atoms in total. The van der Waals surface area contributed by atoms with Crippen LogP contribution in [-0.4, -0.2) is 10.9 Å². The fourth-order valence-corrected chi connectivity index (χ4v) is 3.82. The minimum absolute atomic E-state index is 0.0329. The fourth-order valence-electron chi connectivity index (χ4n) is 2.37. The number of carbonyl (C=O) groups is 1. The topological polar surface area (TPSA) is 42.0 Å². The molecule has 0 radical (unpaired) electrons. The molecule has 0 saturated heterocycles. The Balaban J connectivity index is 1.64. The third kappa shape index (κ3) is 4.60. The molecule has 0 saturated carbocycles. The van der Waals surface area contributed by atoms with Crippen LogP contribution in [0.1, 0.15) is 16.1 Å². The maximum absolute atomic E-state index is 12.1. The lowest BCUT2D eigenvalue weighted by Gasteiger charge is -2.04. The Kier molecular flexibility index (Phi) is 5.74. The largest absolute Gasteiger partial charge is 0.351 e. The van der Waals surface area contributed by atoms with Gasteiger partial charge in [0.05, 0.1) is 23.7 Å². The van der Waals surface area contributed by atoms with Gasteiger partial charge >= 0.3 is 0 Å². The zero-order chi connectivity index (χ0) is 17.8. The van der Waals surface area contributed by atoms with Crippen LogP contribution in [0.2, 0.25) is 10.0 Å². The van der Waals surface area contributed by atoms with Gasteiger partial charge in [0.15, 0.2) is 0 Å². The summed E-state index contributed by atoms with van der Waals surface area (Å²) in [5, 5.41) is 5.15. The highest BCUT2D eigenvalue weighted by atomic mass is 35.5. The van der Waals surface area contributed by atoms with E-state index in [0.717, 1.165) is 26.7 Å². The van der Waals surface area contributed by atoms with Crippen molar-refractivity contribution in [2.75, 3.05) is 0 Å². The summed E-state index contributed by atoms with van der Waals surface area (Å²) >= 11 is 13.6. The number of nitrogens with one attached hydrogen (secondary N) is 1. The van der Waals surface area contributed by atoms with Crippen LogP contribution in [0, 0.1) is 6.92 Å². The van der Waals surface area contributed by atoms with Crippen molar-refractivity contribution in [2.24, 2.45) is 0 Å². The summed E-state index contributed by atoms with van der Waals surface area (Å²) in [4.78, 5) is 17.7. The molecule has 128 valence electrons. The molecule has 25 heavy (non-hydrogen) atoms. The maximum Gasteiger partial charge on any atom is 0.224 e. The second kappa shape index (κ2) is 8.00. The molecule has 0 atom stereocenters. The first kappa shape index (κ1) is 17.9. The summed E-state index contributed by atoms with van der Waals surface area (Å²) in [5.74, 6) is -0.0329. The van der Waals surface area contributed by atoms with E-state index in [0.29, 0.717) is 23.0 Å². The molecule has 1 amide bonds. The predicted molar refractivity (Wildman–Crippen MR) is 104 cm³/mol. The summed E-state index contributed by atoms with van der Waals surface area (Å²) < 4.78 is 0. The lowest BCUT2D eigenvalue weighted by Crippen LogP contribution is -2.24. The molecule has 2 aromatic carbocycles. The van der Waals surface area contributed by atoms with E-state index >= 15 is 0 Å². The number of benzene rings is 2. The average Bonchev–Trinajstić information content (AvgIpc) is 2.96. The van der Waals surface area contributed by atoms with E-state index in [2.05, 4.69) is 10.3 Å². The SMILES string of the molecule is Cc1nc(-c2ccccc2Cl)sc1CNC(=O)Cc1ccc(Cl)cc1. The van der Waals surface area contributed by atoms with Gasteiger partial charge in [-0.05, 0) is 30.7 Å². The van der Waals surface area contributed by atoms with Gasteiger partial charge in [0.1, 0.15) is 5.01 Å². The smallest absolute Gasteiger partial charge is 0.224 e. The molecule has 6 heteroatoms. The van der Waals surface area contributed by atoms with Crippen LogP contribution in [0.5, 0.6) is 0 Å². The summed E-state index contributed by atoms with van der Waals surface area (Å²) in [7, 11) is 0. The van der Waals surface area contributed by atoms with Crippen molar-refractivity contribution in [1.82, 2.24) is 10.3 Å². The normalized spacial score (nSPS) is 10.7. The first-order valence-corrected chi connectivity index (χ1v) is 9.32. The maximum atomic E-state index is 12.1. The number of thiazole rings is 1. The Morgan fingerprint density at radius 2 is 1.84 bits per heavy atom. The third-order valence-electron chi connectivity index (χ3n) is 3.72. The van der Waals surface area contributed by atoms with Gasteiger partial charge in [-0.25, -0.2) is 4.98 Å². The number of hydrogen-bond donors (Lipinski definition) is 1. The standard InChI is InChI=1S/C19H16Cl2N2OS/c1-12-17(25-19(23-12)15-4-2-3-5-16(15)21)11-22-18(24)10-13-6-8-14(20)9-7-13/h2-9H,10-11H2,1H3,(H,22,24). The molecule has 0 aliphatic rings. The molecular weight excluding hydrogens is 375 g/mol. The van der Waals surface area contributed by atoms with E-state index in [4.69, 9.17) is 23.2 Å². The first-order chi connectivity index (χ1) is 12.0. The number of rotatable bonds is 5. The minimum atomic E-state index is -0.0329. The Hall–Kier alpha value is -1.88. The lowest BCUT2D eigenvalue weighted by atomic mass is 10.1. The summed E-state index contributed by atoms with van der Waals surface area (Å²) in [6, 6.07) is 14.9. The second-order valence-corrected chi connectivity index (χ2v) is 7.51. The van der Waals surface area contributed by atoms with E-state index in [9.17, 15) is 4.79 Å². The number of amides is 1. The van der Waals surface area contributed by atoms with Crippen LogP contribution in [0.4, 0.5) is 0 Å². The van der Waals surface area contributed by atoms with Crippen LogP contribution in [0.3, 0.4) is 0 Å². The van der Waals surface area contributed by atoms with Crippen molar-refractivity contribution >= 4 is 40.4 Å². The minimum Gasteiger partial charge on any atom is -0.351 e. The van der Waals surface area contributed by atoms with E-state index in [-0.39, 0.29) is 5.91 Å². The average molecular weight is 391 g/mol. The second-order valence-electron chi connectivity index (χ2n) is 5.59. The molecule has 1 N–H and O–H groups in total. The molecule has 0 fully saturated rings. The van der Waals surface area contributed by atoms with Crippen molar-refractivity contribution in [2.45, 2.75) is 19.9 Å². The number of hydrogen-bond acceptors (Lipinski definition) is 3. The molecule has 0 aliphatic heterocycles. The molecule has 0 bridgehead atoms. The van der Waals surface area contributed by atoms with Crippen molar-refractivity contribution < 1.29 is 4.79 Å². The number of nitrogens with zero attached hydrogens (tertiary/aromatic N) is 1. The Morgan fingerprint density at radius 1 is 1.12 bits per heavy atom. The predicted octanol–water partition coefficient (Wildman–Crippen LogP) is 5.28. The van der Waals surface area contributed by atoms with Crippen LogP contribution in [-0.2, 0) is 17.8 Å². The van der Waals surface area contributed by atoms with Crippen molar-refractivity contribution in [3.63, 3.8) is 0 Å². The molecule has 1 heterocycles. The molecule has 1 aromatic heterocycles. The Morgan fingerprint density at radius 3 is 2.56 bits per heavy atom. The highest BCUT2D eigenvalue weighted by Crippen LogP contribution is 2.32. The van der Waals surface area contributed by atoms with E-state index in [1.54, 1.807) is 23.5 Å². The van der Waals surface area contributed by atoms with Crippen molar-refractivity contribution in [3.8, 4) is 10.6 Å². The summed E-state index contributed by atoms with van der Waals surface area (Å²) in [5.41, 5.74) is 2.75. The number of halogens is 2. The van der Waals surface area contributed by atoms with Gasteiger partial charge in [-0.1, -0.05) is 53.5 Å². The van der Waals surface area contributed by atoms with Gasteiger partial charge in [0.2, 0.25) is 5.91 Å². The summed E-state index contributed by atoms with van der Waals surface area (Å²) in [6.07, 6.45) is 0.326. The number of aromatic nitrogens is 1. The van der Waals surface area contributed by atoms with Crippen molar-refractivity contribution in [3.05, 3.63) is 74.7 Å². The molecule has 0 unspecified atom stereocenters. The zero-order valence-electron chi connectivity index (χ0n) is 13.6. The van der Waals surface area contributed by atoms with Gasteiger partial charge in [0, 0.05) is 15.5 Å². The van der Waals surface area contributed by atoms with E-state index in [1.807, 2.05) is 43.3 Å². The molecule has 3 rings (SSSR count). The highest BCUT2D eigenvalue weighted by Gasteiger charge is 2.12. The molecule has 0 spiro atoms. The third-order valence-corrected chi connectivity index (χ3v) is 5.49. The van der Waals surface area contributed by atoms with Gasteiger partial charge in [-0.15, -0.1) is 11.3 Å². The Labute approximate surface area is 160 Å². The molecule has 0 aliphatic carbocycles. The highest BCUT2D eigenvalue weighted by molar-refractivity contribution is 7.15. The monoisotopic (exact) mass is 390 g/mol. The number of carbonyl (C=O) groups excluding carboxylic acids is 1. The van der Waals surface area contributed by atoms with Crippen LogP contribution < -0.4 is 5.32 Å². The van der Waals surface area contributed by atoms with Crippen LogP contribution in [0.15, 0.2) is 48.5 Å². The number of aryl methyl sites for hydroxylation is 1. The molecule has 3 aromatic rings. The zero-order valence-corrected chi connectivity index (χ0v) is 15.9. The lowest BCUT2D eigenvalue weighted by molar-refractivity contribution is -0.120. The van der Waals surface area contributed by atoms with Gasteiger partial charge in [-0.3, -0.25) is 4.79 Å². The quantitative estimate of drug-likeness (QED) is 0.643. The van der Waals surface area contributed by atoms with E-state index < -0.39 is 0 Å². The van der Waals surface area contributed by atoms with Crippen molar-refractivity contribution in [1.29, 1.82) is 0 Å². The van der Waals surface area contributed by atoms with E-state index in [1.165, 1.54) is 0 Å². The van der Waals surface area contributed by atoms with Gasteiger partial charge < -0.3 is 5.32 Å². The summed E-state index contributed by atoms with van der Waals surface area (Å²) in [6.45, 7) is 2.40.